The number of carbonyl (C=O) groups excluding carboxylic acids is 4. The van der Waals surface area contributed by atoms with E-state index in [-0.39, 0.29) is 6.42 Å². The number of hydrogen-bond acceptors (Lipinski definition) is 6. The molecule has 0 bridgehead atoms. The number of anilines is 1. The third kappa shape index (κ3) is 5.10. The fraction of sp³-hybridized carbons (Fsp3) is 0.200. The number of nitrogens with one attached hydrogen (secondary N) is 3. The minimum absolute atomic E-state index is 0.359. The Morgan fingerprint density at radius 1 is 1.07 bits per heavy atom. The second-order valence-electron chi connectivity index (χ2n) is 6.24. The minimum Gasteiger partial charge on any atom is -0.478 e. The third-order valence-electron chi connectivity index (χ3n) is 4.07. The lowest BCUT2D eigenvalue weighted by molar-refractivity contribution is -0.157. The van der Waals surface area contributed by atoms with Gasteiger partial charge in [-0.15, -0.1) is 0 Å². The molecule has 9 heteroatoms. The van der Waals surface area contributed by atoms with Gasteiger partial charge in [0.15, 0.2) is 12.2 Å². The van der Waals surface area contributed by atoms with Crippen LogP contribution in [0.3, 0.4) is 0 Å². The third-order valence-corrected chi connectivity index (χ3v) is 4.07. The topological polar surface area (TPSA) is 123 Å². The summed E-state index contributed by atoms with van der Waals surface area (Å²) in [6.07, 6.45) is -2.61. The summed E-state index contributed by atoms with van der Waals surface area (Å²) >= 11 is 0. The highest BCUT2D eigenvalue weighted by molar-refractivity contribution is 5.99. The van der Waals surface area contributed by atoms with Crippen LogP contribution < -0.4 is 20.9 Å². The smallest absolute Gasteiger partial charge is 0.310 e. The van der Waals surface area contributed by atoms with Gasteiger partial charge in [0, 0.05) is 5.56 Å². The number of fused-ring (bicyclic) bond motifs is 1. The molecule has 9 nitrogen and oxygen atoms in total. The highest BCUT2D eigenvalue weighted by Crippen LogP contribution is 2.29. The van der Waals surface area contributed by atoms with E-state index in [1.807, 2.05) is 0 Å². The van der Waals surface area contributed by atoms with Crippen molar-refractivity contribution in [2.24, 2.45) is 0 Å². The van der Waals surface area contributed by atoms with Gasteiger partial charge in [0.1, 0.15) is 5.75 Å². The molecule has 3 N–H and O–H groups in total. The lowest BCUT2D eigenvalue weighted by atomic mass is 10.1. The highest BCUT2D eigenvalue weighted by Gasteiger charge is 2.31. The van der Waals surface area contributed by atoms with Crippen molar-refractivity contribution in [3.8, 4) is 5.75 Å². The first-order chi connectivity index (χ1) is 13.9. The van der Waals surface area contributed by atoms with E-state index in [1.165, 1.54) is 6.92 Å². The van der Waals surface area contributed by atoms with Crippen molar-refractivity contribution in [1.29, 1.82) is 0 Å². The summed E-state index contributed by atoms with van der Waals surface area (Å²) in [5, 5.41) is 2.64. The number of amides is 3. The Morgan fingerprint density at radius 2 is 1.76 bits per heavy atom. The van der Waals surface area contributed by atoms with Crippen molar-refractivity contribution >= 4 is 29.4 Å². The van der Waals surface area contributed by atoms with Gasteiger partial charge in [-0.3, -0.25) is 30.0 Å². The van der Waals surface area contributed by atoms with E-state index in [2.05, 4.69) is 16.2 Å². The van der Waals surface area contributed by atoms with Crippen molar-refractivity contribution < 1.29 is 28.7 Å². The molecule has 0 aliphatic carbocycles. The molecule has 0 spiro atoms. The van der Waals surface area contributed by atoms with Gasteiger partial charge < -0.3 is 14.8 Å². The molecule has 3 amide bonds. The normalized spacial score (nSPS) is 15.8. The van der Waals surface area contributed by atoms with Crippen LogP contribution in [-0.2, 0) is 19.1 Å². The molecule has 150 valence electrons. The van der Waals surface area contributed by atoms with E-state index in [9.17, 15) is 19.2 Å². The van der Waals surface area contributed by atoms with Crippen LogP contribution in [0.1, 0.15) is 23.7 Å². The van der Waals surface area contributed by atoms with Crippen LogP contribution >= 0.6 is 0 Å². The van der Waals surface area contributed by atoms with Crippen molar-refractivity contribution in [3.05, 3.63) is 60.2 Å². The molecule has 1 aliphatic rings. The fourth-order valence-electron chi connectivity index (χ4n) is 2.56. The Kier molecular flexibility index (Phi) is 6.08. The van der Waals surface area contributed by atoms with Gasteiger partial charge in [-0.25, -0.2) is 0 Å². The second kappa shape index (κ2) is 8.87. The zero-order chi connectivity index (χ0) is 20.8. The van der Waals surface area contributed by atoms with Gasteiger partial charge in [-0.05, 0) is 31.2 Å². The molecule has 0 unspecified atom stereocenters. The van der Waals surface area contributed by atoms with Crippen LogP contribution in [-0.4, -0.2) is 35.9 Å². The standard InChI is InChI=1S/C20H19N3O6/c1-12(18(25)22-23-19(26)13-7-3-2-4-8-13)28-17(24)11-16-20(27)21-14-9-5-6-10-15(14)29-16/h2-10,12,16H,11H2,1H3,(H,21,27)(H,22,25)(H,23,26)/t12-,16-/m0/s1. The Hall–Kier alpha value is -3.88. The maximum atomic E-state index is 12.1. The summed E-state index contributed by atoms with van der Waals surface area (Å²) in [4.78, 5) is 48.1. The Bertz CT molecular complexity index is 931. The largest absolute Gasteiger partial charge is 0.478 e. The van der Waals surface area contributed by atoms with Gasteiger partial charge in [0.25, 0.3) is 17.7 Å². The van der Waals surface area contributed by atoms with Crippen LogP contribution in [0.15, 0.2) is 54.6 Å². The minimum atomic E-state index is -1.18. The monoisotopic (exact) mass is 397 g/mol. The molecule has 1 aliphatic heterocycles. The van der Waals surface area contributed by atoms with Crippen molar-refractivity contribution in [2.45, 2.75) is 25.6 Å². The number of rotatable bonds is 5. The Balaban J connectivity index is 1.47. The number of ether oxygens (including phenoxy) is 2. The average molecular weight is 397 g/mol. The molecule has 0 saturated heterocycles. The van der Waals surface area contributed by atoms with Crippen LogP contribution in [0.2, 0.25) is 0 Å². The van der Waals surface area contributed by atoms with Crippen LogP contribution in [0.4, 0.5) is 5.69 Å². The van der Waals surface area contributed by atoms with E-state index in [1.54, 1.807) is 54.6 Å². The molecular formula is C20H19N3O6. The highest BCUT2D eigenvalue weighted by atomic mass is 16.6. The van der Waals surface area contributed by atoms with E-state index in [0.29, 0.717) is 17.0 Å². The molecule has 2 atom stereocenters. The maximum absolute atomic E-state index is 12.1. The summed E-state index contributed by atoms with van der Waals surface area (Å²) in [7, 11) is 0. The number of carbonyl (C=O) groups is 4. The van der Waals surface area contributed by atoms with Gasteiger partial charge >= 0.3 is 5.97 Å². The Labute approximate surface area is 166 Å². The molecule has 29 heavy (non-hydrogen) atoms. The molecule has 2 aromatic carbocycles. The van der Waals surface area contributed by atoms with E-state index in [0.717, 1.165) is 0 Å². The number of hydrazine groups is 1. The molecular weight excluding hydrogens is 378 g/mol. The van der Waals surface area contributed by atoms with Crippen LogP contribution in [0, 0.1) is 0 Å². The molecule has 0 aromatic heterocycles. The van der Waals surface area contributed by atoms with Gasteiger partial charge in [-0.1, -0.05) is 30.3 Å². The first-order valence-electron chi connectivity index (χ1n) is 8.85. The lowest BCUT2D eigenvalue weighted by Crippen LogP contribution is -2.47. The van der Waals surface area contributed by atoms with Crippen molar-refractivity contribution in [2.75, 3.05) is 5.32 Å². The van der Waals surface area contributed by atoms with Gasteiger partial charge in [0.2, 0.25) is 0 Å². The predicted molar refractivity (Wildman–Crippen MR) is 102 cm³/mol. The number of benzene rings is 2. The summed E-state index contributed by atoms with van der Waals surface area (Å²) in [5.41, 5.74) is 5.30. The number of hydrogen-bond donors (Lipinski definition) is 3. The van der Waals surface area contributed by atoms with E-state index in [4.69, 9.17) is 9.47 Å². The fourth-order valence-corrected chi connectivity index (χ4v) is 2.56. The summed E-state index contributed by atoms with van der Waals surface area (Å²) < 4.78 is 10.5. The first kappa shape index (κ1) is 19.9. The average Bonchev–Trinajstić information content (AvgIpc) is 2.72. The summed E-state index contributed by atoms with van der Waals surface area (Å²) in [6.45, 7) is 1.35. The predicted octanol–water partition coefficient (Wildman–Crippen LogP) is 1.17. The van der Waals surface area contributed by atoms with Crippen molar-refractivity contribution in [1.82, 2.24) is 10.9 Å². The summed E-state index contributed by atoms with van der Waals surface area (Å²) in [6, 6.07) is 15.1. The number of esters is 1. The zero-order valence-electron chi connectivity index (χ0n) is 15.5. The second-order valence-corrected chi connectivity index (χ2v) is 6.24. The zero-order valence-corrected chi connectivity index (χ0v) is 15.5. The molecule has 3 rings (SSSR count). The van der Waals surface area contributed by atoms with E-state index >= 15 is 0 Å². The quantitative estimate of drug-likeness (QED) is 0.514. The Morgan fingerprint density at radius 3 is 2.52 bits per heavy atom. The molecule has 1 heterocycles. The first-order valence-corrected chi connectivity index (χ1v) is 8.85. The van der Waals surface area contributed by atoms with Gasteiger partial charge in [-0.2, -0.15) is 0 Å². The SMILES string of the molecule is C[C@H](OC(=O)C[C@@H]1Oc2ccccc2NC1=O)C(=O)NNC(=O)c1ccccc1. The van der Waals surface area contributed by atoms with Crippen LogP contribution in [0.25, 0.3) is 0 Å². The number of para-hydroxylation sites is 2. The maximum Gasteiger partial charge on any atom is 0.310 e. The molecule has 2 aromatic rings. The van der Waals surface area contributed by atoms with E-state index < -0.39 is 35.9 Å². The van der Waals surface area contributed by atoms with Gasteiger partial charge in [0.05, 0.1) is 12.1 Å². The lowest BCUT2D eigenvalue weighted by Gasteiger charge is -2.25. The van der Waals surface area contributed by atoms with Crippen LogP contribution in [0.5, 0.6) is 5.75 Å². The molecule has 0 radical (unpaired) electrons. The summed E-state index contributed by atoms with van der Waals surface area (Å²) in [5.74, 6) is -2.06. The van der Waals surface area contributed by atoms with Crippen molar-refractivity contribution in [3.63, 3.8) is 0 Å². The molecule has 0 fully saturated rings. The molecule has 0 saturated carbocycles.